The van der Waals surface area contributed by atoms with Crippen LogP contribution in [-0.2, 0) is 11.2 Å². The number of rotatable bonds is 5. The minimum atomic E-state index is -0.00757. The summed E-state index contributed by atoms with van der Waals surface area (Å²) in [6.07, 6.45) is 1.88. The molecule has 2 aromatic rings. The molecule has 4 nitrogen and oxygen atoms in total. The van der Waals surface area contributed by atoms with E-state index in [2.05, 4.69) is 0 Å². The van der Waals surface area contributed by atoms with E-state index in [4.69, 9.17) is 4.74 Å². The summed E-state index contributed by atoms with van der Waals surface area (Å²) in [7, 11) is 1.61. The second-order valence-electron chi connectivity index (χ2n) is 6.91. The van der Waals surface area contributed by atoms with E-state index in [0.29, 0.717) is 19.5 Å². The van der Waals surface area contributed by atoms with E-state index < -0.39 is 0 Å². The fourth-order valence-electron chi connectivity index (χ4n) is 3.37. The minimum absolute atomic E-state index is 0.00757. The van der Waals surface area contributed by atoms with Gasteiger partial charge < -0.3 is 9.64 Å². The maximum atomic E-state index is 12.7. The van der Waals surface area contributed by atoms with Crippen molar-refractivity contribution in [3.8, 4) is 5.75 Å². The van der Waals surface area contributed by atoms with Gasteiger partial charge in [0.1, 0.15) is 5.75 Å². The van der Waals surface area contributed by atoms with E-state index in [1.165, 1.54) is 5.56 Å². The van der Waals surface area contributed by atoms with Gasteiger partial charge in [0.15, 0.2) is 5.78 Å². The van der Waals surface area contributed by atoms with Crippen LogP contribution in [0.25, 0.3) is 0 Å². The van der Waals surface area contributed by atoms with Crippen molar-refractivity contribution in [2.75, 3.05) is 20.2 Å². The smallest absolute Gasteiger partial charge is 0.226 e. The first kappa shape index (κ1) is 18.2. The summed E-state index contributed by atoms with van der Waals surface area (Å²) in [5.74, 6) is 1.05. The molecule has 1 amide bonds. The molecule has 0 bridgehead atoms. The molecule has 0 N–H and O–H groups in total. The van der Waals surface area contributed by atoms with Crippen molar-refractivity contribution in [2.45, 2.75) is 26.2 Å². The van der Waals surface area contributed by atoms with Crippen molar-refractivity contribution in [1.82, 2.24) is 4.90 Å². The quantitative estimate of drug-likeness (QED) is 0.772. The molecule has 26 heavy (non-hydrogen) atoms. The fraction of sp³-hybridized carbons (Fsp3) is 0.364. The van der Waals surface area contributed by atoms with E-state index in [1.807, 2.05) is 60.4 Å². The summed E-state index contributed by atoms with van der Waals surface area (Å²) in [5, 5.41) is 0. The maximum Gasteiger partial charge on any atom is 0.226 e. The van der Waals surface area contributed by atoms with Gasteiger partial charge in [0.25, 0.3) is 0 Å². The summed E-state index contributed by atoms with van der Waals surface area (Å²) in [6.45, 7) is 3.34. The lowest BCUT2D eigenvalue weighted by Gasteiger charge is -2.31. The van der Waals surface area contributed by atoms with Crippen LogP contribution < -0.4 is 4.74 Å². The average molecular weight is 351 g/mol. The van der Waals surface area contributed by atoms with Crippen LogP contribution in [0.15, 0.2) is 48.5 Å². The third kappa shape index (κ3) is 4.31. The number of piperidine rings is 1. The van der Waals surface area contributed by atoms with Gasteiger partial charge >= 0.3 is 0 Å². The number of hydrogen-bond acceptors (Lipinski definition) is 3. The van der Waals surface area contributed by atoms with E-state index in [9.17, 15) is 9.59 Å². The number of aryl methyl sites for hydroxylation is 1. The lowest BCUT2D eigenvalue weighted by Crippen LogP contribution is -2.41. The van der Waals surface area contributed by atoms with Crippen LogP contribution in [-0.4, -0.2) is 36.8 Å². The van der Waals surface area contributed by atoms with Crippen molar-refractivity contribution in [3.05, 3.63) is 65.2 Å². The molecule has 1 aliphatic heterocycles. The molecule has 1 aliphatic rings. The molecular formula is C22H25NO3. The van der Waals surface area contributed by atoms with Crippen LogP contribution in [0.5, 0.6) is 5.75 Å². The van der Waals surface area contributed by atoms with Crippen LogP contribution in [0.2, 0.25) is 0 Å². The average Bonchev–Trinajstić information content (AvgIpc) is 2.69. The van der Waals surface area contributed by atoms with Gasteiger partial charge in [-0.05, 0) is 49.6 Å². The number of ether oxygens (including phenoxy) is 1. The minimum Gasteiger partial charge on any atom is -0.497 e. The zero-order valence-electron chi connectivity index (χ0n) is 15.4. The Bertz CT molecular complexity index is 757. The van der Waals surface area contributed by atoms with Gasteiger partial charge in [-0.3, -0.25) is 9.59 Å². The van der Waals surface area contributed by atoms with E-state index in [1.54, 1.807) is 7.11 Å². The Morgan fingerprint density at radius 2 is 1.62 bits per heavy atom. The maximum absolute atomic E-state index is 12.7. The van der Waals surface area contributed by atoms with Crippen molar-refractivity contribution < 1.29 is 14.3 Å². The normalized spacial score (nSPS) is 14.9. The summed E-state index contributed by atoms with van der Waals surface area (Å²) in [4.78, 5) is 27.0. The number of carbonyl (C=O) groups excluding carboxylic acids is 2. The predicted molar refractivity (Wildman–Crippen MR) is 102 cm³/mol. The van der Waals surface area contributed by atoms with Crippen molar-refractivity contribution >= 4 is 11.7 Å². The highest BCUT2D eigenvalue weighted by Gasteiger charge is 2.27. The highest BCUT2D eigenvalue weighted by molar-refractivity contribution is 5.98. The number of amides is 1. The molecule has 0 unspecified atom stereocenters. The van der Waals surface area contributed by atoms with Gasteiger partial charge in [0.2, 0.25) is 5.91 Å². The highest BCUT2D eigenvalue weighted by atomic mass is 16.5. The molecular weight excluding hydrogens is 326 g/mol. The number of carbonyl (C=O) groups is 2. The Labute approximate surface area is 154 Å². The predicted octanol–water partition coefficient (Wildman–Crippen LogP) is 3.67. The summed E-state index contributed by atoms with van der Waals surface area (Å²) < 4.78 is 5.13. The Balaban J connectivity index is 1.53. The molecule has 0 aliphatic carbocycles. The molecule has 1 fully saturated rings. The van der Waals surface area contributed by atoms with Gasteiger partial charge in [-0.2, -0.15) is 0 Å². The molecule has 0 radical (unpaired) electrons. The van der Waals surface area contributed by atoms with E-state index >= 15 is 0 Å². The van der Waals surface area contributed by atoms with Crippen LogP contribution in [0.3, 0.4) is 0 Å². The number of Topliss-reactive ketones (excluding diaryl/α,β-unsaturated/α-hetero) is 1. The summed E-state index contributed by atoms with van der Waals surface area (Å²) in [5.41, 5.74) is 2.95. The molecule has 1 heterocycles. The summed E-state index contributed by atoms with van der Waals surface area (Å²) >= 11 is 0. The zero-order valence-corrected chi connectivity index (χ0v) is 15.4. The Morgan fingerprint density at radius 1 is 1.00 bits per heavy atom. The second kappa shape index (κ2) is 8.17. The number of likely N-dealkylation sites (tertiary alicyclic amines) is 1. The highest BCUT2D eigenvalue weighted by Crippen LogP contribution is 2.23. The Hall–Kier alpha value is -2.62. The second-order valence-corrected chi connectivity index (χ2v) is 6.91. The van der Waals surface area contributed by atoms with Gasteiger partial charge in [-0.25, -0.2) is 0 Å². The van der Waals surface area contributed by atoms with Crippen LogP contribution in [0.1, 0.15) is 34.3 Å². The van der Waals surface area contributed by atoms with Crippen molar-refractivity contribution in [1.29, 1.82) is 0 Å². The third-order valence-electron chi connectivity index (χ3n) is 5.07. The van der Waals surface area contributed by atoms with Crippen LogP contribution in [0, 0.1) is 12.8 Å². The number of nitrogens with zero attached hydrogens (tertiary/aromatic N) is 1. The molecule has 136 valence electrons. The van der Waals surface area contributed by atoms with Crippen molar-refractivity contribution in [3.63, 3.8) is 0 Å². The van der Waals surface area contributed by atoms with E-state index in [0.717, 1.165) is 29.7 Å². The topological polar surface area (TPSA) is 46.6 Å². The van der Waals surface area contributed by atoms with Gasteiger partial charge in [-0.1, -0.05) is 29.8 Å². The first-order valence-electron chi connectivity index (χ1n) is 9.08. The van der Waals surface area contributed by atoms with Crippen LogP contribution >= 0.6 is 0 Å². The SMILES string of the molecule is COc1ccc(C(=O)C2CCN(C(=O)Cc3ccc(C)cc3)CC2)cc1. The first-order valence-corrected chi connectivity index (χ1v) is 9.08. The Morgan fingerprint density at radius 3 is 2.19 bits per heavy atom. The third-order valence-corrected chi connectivity index (χ3v) is 5.07. The molecule has 2 aromatic carbocycles. The number of benzene rings is 2. The van der Waals surface area contributed by atoms with Crippen molar-refractivity contribution in [2.24, 2.45) is 5.92 Å². The number of methoxy groups -OCH3 is 1. The first-order chi connectivity index (χ1) is 12.6. The number of ketones is 1. The number of hydrogen-bond donors (Lipinski definition) is 0. The van der Waals surface area contributed by atoms with Crippen LogP contribution in [0.4, 0.5) is 0 Å². The molecule has 1 saturated heterocycles. The lowest BCUT2D eigenvalue weighted by molar-refractivity contribution is -0.131. The standard InChI is InChI=1S/C22H25NO3/c1-16-3-5-17(6-4-16)15-21(24)23-13-11-19(12-14-23)22(25)18-7-9-20(26-2)10-8-18/h3-10,19H,11-15H2,1-2H3. The monoisotopic (exact) mass is 351 g/mol. The lowest BCUT2D eigenvalue weighted by atomic mass is 9.88. The van der Waals surface area contributed by atoms with Gasteiger partial charge in [0, 0.05) is 24.6 Å². The fourth-order valence-corrected chi connectivity index (χ4v) is 3.37. The molecule has 0 aromatic heterocycles. The zero-order chi connectivity index (χ0) is 18.5. The molecule has 0 atom stereocenters. The van der Waals surface area contributed by atoms with Gasteiger partial charge in [-0.15, -0.1) is 0 Å². The van der Waals surface area contributed by atoms with E-state index in [-0.39, 0.29) is 17.6 Å². The largest absolute Gasteiger partial charge is 0.497 e. The molecule has 3 rings (SSSR count). The molecule has 0 spiro atoms. The Kier molecular flexibility index (Phi) is 5.71. The van der Waals surface area contributed by atoms with Gasteiger partial charge in [0.05, 0.1) is 13.5 Å². The molecule has 4 heteroatoms. The summed E-state index contributed by atoms with van der Waals surface area (Å²) in [6, 6.07) is 15.3. The molecule has 0 saturated carbocycles.